The van der Waals surface area contributed by atoms with Gasteiger partial charge in [0.1, 0.15) is 0 Å². The van der Waals surface area contributed by atoms with E-state index in [1.807, 2.05) is 55.4 Å². The van der Waals surface area contributed by atoms with Gasteiger partial charge in [-0.05, 0) is 19.1 Å². The smallest absolute Gasteiger partial charge is 0.336 e. The van der Waals surface area contributed by atoms with E-state index in [2.05, 4.69) is 13.8 Å². The van der Waals surface area contributed by atoms with E-state index in [-0.39, 0.29) is 60.7 Å². The summed E-state index contributed by atoms with van der Waals surface area (Å²) in [4.78, 5) is 42.5. The summed E-state index contributed by atoms with van der Waals surface area (Å²) in [6.07, 6.45) is 1.25. The van der Waals surface area contributed by atoms with Gasteiger partial charge in [0, 0.05) is 43.8 Å². The van der Waals surface area contributed by atoms with Crippen molar-refractivity contribution in [2.75, 3.05) is 7.05 Å². The fourth-order valence-electron chi connectivity index (χ4n) is 1.84. The van der Waals surface area contributed by atoms with Crippen LogP contribution in [0.4, 0.5) is 0 Å². The quantitative estimate of drug-likeness (QED) is 0.328. The van der Waals surface area contributed by atoms with Crippen molar-refractivity contribution >= 4 is 23.6 Å². The summed E-state index contributed by atoms with van der Waals surface area (Å²) in [6.45, 7) is 21.6. The van der Waals surface area contributed by atoms with E-state index in [9.17, 15) is 19.2 Å². The molecule has 2 aromatic rings. The number of carboxylic acids is 2. The minimum Gasteiger partial charge on any atom is -0.680 e. The molecule has 8 nitrogen and oxygen atoms in total. The van der Waals surface area contributed by atoms with Gasteiger partial charge in [-0.15, -0.1) is 0 Å². The molecule has 0 bridgehead atoms. The Bertz CT molecular complexity index is 695. The summed E-state index contributed by atoms with van der Waals surface area (Å²) < 4.78 is 0. The van der Waals surface area contributed by atoms with Gasteiger partial charge in [-0.2, -0.15) is 7.05 Å². The standard InChI is InChI=1S/C9H8O3.C8H7NO3.C3H8.4C2H6.CH4N.Y/c1-6(10)7-4-2-3-5-8(7)9(11)12;9-7(10)5-3-1-2-4-6(5)8(11)12;1-3-2;5*1-2;/h2-5H,1H3,(H,11,12);1-4H,(H3,9,10,11,12);3H2,1-2H3;4*1-2H3;2H,1H3;/q;;;;;;;-1;/p-1. The molecule has 0 atom stereocenters. The maximum atomic E-state index is 10.9. The van der Waals surface area contributed by atoms with E-state index >= 15 is 0 Å². The first-order valence-corrected chi connectivity index (χ1v) is 12.6. The third-order valence-corrected chi connectivity index (χ3v) is 2.94. The monoisotopic (exact) mass is 611 g/mol. The molecule has 0 fully saturated rings. The Labute approximate surface area is 256 Å². The van der Waals surface area contributed by atoms with Crippen LogP contribution in [0.2, 0.25) is 0 Å². The minimum absolute atomic E-state index is 0. The Morgan fingerprint density at radius 2 is 0.816 bits per heavy atom. The third-order valence-electron chi connectivity index (χ3n) is 2.94. The zero-order valence-corrected chi connectivity index (χ0v) is 28.3. The fraction of sp³-hybridized carbons (Fsp3) is 0.448. The summed E-state index contributed by atoms with van der Waals surface area (Å²) in [5.74, 6) is -3.46. The number of ketones is 1. The third kappa shape index (κ3) is 28.2. The van der Waals surface area contributed by atoms with E-state index in [0.29, 0.717) is 0 Å². The maximum Gasteiger partial charge on any atom is 0.336 e. The summed E-state index contributed by atoms with van der Waals surface area (Å²) in [5, 5.41) is 17.2. The first-order valence-electron chi connectivity index (χ1n) is 12.6. The van der Waals surface area contributed by atoms with Gasteiger partial charge in [-0.1, -0.05) is 112 Å². The number of rotatable bonds is 4. The molecule has 2 rings (SSSR count). The maximum absolute atomic E-state index is 10.9. The number of carboxylic acid groups (broad SMARTS) is 2. The molecular formula is C29H50N2O6Y-2. The molecule has 4 N–H and O–H groups in total. The number of Topliss-reactive ketones (excluding diaryl/α,β-unsaturated/α-hetero) is 1. The molecule has 0 saturated heterocycles. The Kier molecular flexibility index (Phi) is 57.2. The summed E-state index contributed by atoms with van der Waals surface area (Å²) in [5.41, 5.74) is 12.6. The van der Waals surface area contributed by atoms with Gasteiger partial charge in [0.15, 0.2) is 5.78 Å². The van der Waals surface area contributed by atoms with Gasteiger partial charge < -0.3 is 26.5 Å². The fourth-order valence-corrected chi connectivity index (χ4v) is 1.84. The molecule has 38 heavy (non-hydrogen) atoms. The summed E-state index contributed by atoms with van der Waals surface area (Å²) in [7, 11) is 1.25. The molecule has 0 spiro atoms. The van der Waals surface area contributed by atoms with Gasteiger partial charge in [0.2, 0.25) is 0 Å². The molecule has 2 aromatic carbocycles. The SMILES string of the molecule is CC.CC.CC.CC.CC(=O)c1ccccc1C(=O)O.CCC.C[NH-].[NH-]C(=O)c1ccccc1C(=O)O.[Y]. The van der Waals surface area contributed by atoms with Crippen molar-refractivity contribution < 1.29 is 62.1 Å². The zero-order valence-electron chi connectivity index (χ0n) is 25.4. The van der Waals surface area contributed by atoms with E-state index in [0.717, 1.165) is 0 Å². The zero-order chi connectivity index (χ0) is 31.0. The van der Waals surface area contributed by atoms with Gasteiger partial charge in [0.25, 0.3) is 0 Å². The van der Waals surface area contributed by atoms with Crippen molar-refractivity contribution in [1.29, 1.82) is 0 Å². The number of nitrogens with one attached hydrogen (secondary N) is 2. The summed E-state index contributed by atoms with van der Waals surface area (Å²) >= 11 is 0. The number of benzene rings is 2. The van der Waals surface area contributed by atoms with Gasteiger partial charge in [-0.3, -0.25) is 4.79 Å². The van der Waals surface area contributed by atoms with E-state index in [1.54, 1.807) is 12.1 Å². The van der Waals surface area contributed by atoms with Crippen LogP contribution in [0.5, 0.6) is 0 Å². The Balaban J connectivity index is -0.0000000694. The van der Waals surface area contributed by atoms with Crippen LogP contribution in [-0.2, 0) is 32.7 Å². The molecule has 217 valence electrons. The van der Waals surface area contributed by atoms with Crippen LogP contribution in [0.15, 0.2) is 48.5 Å². The van der Waals surface area contributed by atoms with Crippen LogP contribution in [0.3, 0.4) is 0 Å². The van der Waals surface area contributed by atoms with E-state index in [4.69, 9.17) is 21.7 Å². The van der Waals surface area contributed by atoms with Crippen LogP contribution in [0.1, 0.15) is 124 Å². The topological polar surface area (TPSA) is 156 Å². The summed E-state index contributed by atoms with van der Waals surface area (Å²) in [6, 6.07) is 11.8. The number of carbonyl (C=O) groups is 4. The molecular weight excluding hydrogens is 561 g/mol. The number of aromatic carboxylic acids is 2. The molecule has 1 radical (unpaired) electrons. The van der Waals surface area contributed by atoms with Crippen LogP contribution in [0, 0.1) is 0 Å². The Morgan fingerprint density at radius 1 is 0.605 bits per heavy atom. The largest absolute Gasteiger partial charge is 0.680 e. The van der Waals surface area contributed by atoms with Crippen molar-refractivity contribution in [2.24, 2.45) is 0 Å². The van der Waals surface area contributed by atoms with Crippen LogP contribution in [0.25, 0.3) is 11.5 Å². The Hall–Kier alpha value is -2.42. The second-order valence-electron chi connectivity index (χ2n) is 5.29. The normalized spacial score (nSPS) is 7.18. The number of hydrogen-bond donors (Lipinski definition) is 2. The number of hydrogen-bond acceptors (Lipinski definition) is 4. The predicted molar refractivity (Wildman–Crippen MR) is 157 cm³/mol. The van der Waals surface area contributed by atoms with Crippen molar-refractivity contribution in [3.8, 4) is 0 Å². The van der Waals surface area contributed by atoms with E-state index in [1.165, 1.54) is 56.8 Å². The molecule has 0 aromatic heterocycles. The molecule has 0 aliphatic heterocycles. The second-order valence-corrected chi connectivity index (χ2v) is 5.29. The average Bonchev–Trinajstić information content (AvgIpc) is 2.95. The first kappa shape index (κ1) is 52.1. The molecule has 0 unspecified atom stereocenters. The van der Waals surface area contributed by atoms with Gasteiger partial charge in [0.05, 0.1) is 17.0 Å². The van der Waals surface area contributed by atoms with Crippen LogP contribution in [-0.4, -0.2) is 40.9 Å². The van der Waals surface area contributed by atoms with Crippen LogP contribution >= 0.6 is 0 Å². The van der Waals surface area contributed by atoms with E-state index < -0.39 is 17.8 Å². The van der Waals surface area contributed by atoms with Crippen molar-refractivity contribution in [3.05, 3.63) is 82.3 Å². The molecule has 0 heterocycles. The van der Waals surface area contributed by atoms with Crippen molar-refractivity contribution in [3.63, 3.8) is 0 Å². The van der Waals surface area contributed by atoms with Gasteiger partial charge >= 0.3 is 11.9 Å². The average molecular weight is 612 g/mol. The van der Waals surface area contributed by atoms with Crippen molar-refractivity contribution in [2.45, 2.75) is 82.6 Å². The van der Waals surface area contributed by atoms with Crippen molar-refractivity contribution in [1.82, 2.24) is 0 Å². The second kappa shape index (κ2) is 41.7. The first-order chi connectivity index (χ1) is 17.7. The minimum atomic E-state index is -1.19. The molecule has 9 heteroatoms. The molecule has 1 amide bonds. The number of carbonyl (C=O) groups excluding carboxylic acids is 2. The predicted octanol–water partition coefficient (Wildman–Crippen LogP) is 9.35. The Morgan fingerprint density at radius 3 is 0.974 bits per heavy atom. The van der Waals surface area contributed by atoms with Gasteiger partial charge in [-0.25, -0.2) is 9.59 Å². The molecule has 0 aliphatic rings. The molecule has 0 saturated carbocycles. The van der Waals surface area contributed by atoms with Crippen LogP contribution < -0.4 is 0 Å². The number of amides is 1. The molecule has 0 aliphatic carbocycles.